The van der Waals surface area contributed by atoms with Crippen molar-refractivity contribution in [2.75, 3.05) is 24.9 Å². The number of nitrogens with zero attached hydrogens (tertiary/aromatic N) is 3. The molecule has 0 aliphatic rings. The summed E-state index contributed by atoms with van der Waals surface area (Å²) >= 11 is 0. The molecule has 3 aromatic rings. The zero-order chi connectivity index (χ0) is 19.4. The average molecular weight is 369 g/mol. The van der Waals surface area contributed by atoms with E-state index in [1.54, 1.807) is 51.3 Å². The maximum atomic E-state index is 12.7. The number of amides is 1. The van der Waals surface area contributed by atoms with Gasteiger partial charge in [-0.1, -0.05) is 5.16 Å². The van der Waals surface area contributed by atoms with Gasteiger partial charge in [-0.25, -0.2) is 9.97 Å². The van der Waals surface area contributed by atoms with E-state index in [-0.39, 0.29) is 11.6 Å². The number of benzene rings is 1. The predicted molar refractivity (Wildman–Crippen MR) is 98.8 cm³/mol. The van der Waals surface area contributed by atoms with Crippen LogP contribution in [0.15, 0.2) is 34.9 Å². The van der Waals surface area contributed by atoms with Crippen LogP contribution >= 0.6 is 0 Å². The van der Waals surface area contributed by atoms with Crippen molar-refractivity contribution in [3.63, 3.8) is 0 Å². The number of ether oxygens (including phenoxy) is 2. The Balaban J connectivity index is 1.84. The van der Waals surface area contributed by atoms with Crippen LogP contribution in [0.4, 0.5) is 17.5 Å². The van der Waals surface area contributed by atoms with Crippen LogP contribution in [0.25, 0.3) is 0 Å². The number of carbonyl (C=O) groups is 1. The van der Waals surface area contributed by atoms with E-state index in [2.05, 4.69) is 25.8 Å². The lowest BCUT2D eigenvalue weighted by atomic mass is 10.2. The number of nitrogens with one attached hydrogen (secondary N) is 2. The Kier molecular flexibility index (Phi) is 5.20. The van der Waals surface area contributed by atoms with E-state index in [0.29, 0.717) is 34.5 Å². The van der Waals surface area contributed by atoms with E-state index in [1.807, 2.05) is 0 Å². The number of methoxy groups -OCH3 is 2. The first-order chi connectivity index (χ1) is 13.0. The van der Waals surface area contributed by atoms with Gasteiger partial charge in [-0.3, -0.25) is 4.79 Å². The van der Waals surface area contributed by atoms with Gasteiger partial charge in [0.1, 0.15) is 23.0 Å². The molecule has 3 rings (SSSR count). The van der Waals surface area contributed by atoms with Crippen molar-refractivity contribution in [2.45, 2.75) is 13.8 Å². The molecule has 0 saturated heterocycles. The van der Waals surface area contributed by atoms with Crippen LogP contribution in [0.2, 0.25) is 0 Å². The fourth-order valence-corrected chi connectivity index (χ4v) is 2.38. The molecule has 0 aliphatic heterocycles. The number of aromatic nitrogens is 3. The van der Waals surface area contributed by atoms with Gasteiger partial charge in [-0.15, -0.1) is 0 Å². The Bertz CT molecular complexity index is 970. The SMILES string of the molecule is COc1ccc(OC)c(NC(=O)c2cc(C)nc(Nc3cc(C)on3)n2)c1. The van der Waals surface area contributed by atoms with Crippen LogP contribution in [-0.4, -0.2) is 35.3 Å². The molecule has 0 aliphatic carbocycles. The fraction of sp³-hybridized carbons (Fsp3) is 0.222. The molecule has 0 spiro atoms. The lowest BCUT2D eigenvalue weighted by molar-refractivity contribution is 0.102. The van der Waals surface area contributed by atoms with E-state index in [9.17, 15) is 4.79 Å². The molecule has 0 radical (unpaired) electrons. The molecular weight excluding hydrogens is 350 g/mol. The smallest absolute Gasteiger partial charge is 0.274 e. The van der Waals surface area contributed by atoms with Gasteiger partial charge in [0, 0.05) is 17.8 Å². The van der Waals surface area contributed by atoms with Crippen molar-refractivity contribution in [1.82, 2.24) is 15.1 Å². The van der Waals surface area contributed by atoms with Crippen molar-refractivity contribution in [3.05, 3.63) is 47.5 Å². The number of anilines is 3. The summed E-state index contributed by atoms with van der Waals surface area (Å²) in [4.78, 5) is 21.2. The van der Waals surface area contributed by atoms with Crippen molar-refractivity contribution in [1.29, 1.82) is 0 Å². The normalized spacial score (nSPS) is 10.4. The first-order valence-corrected chi connectivity index (χ1v) is 8.08. The average Bonchev–Trinajstić information content (AvgIpc) is 3.05. The number of rotatable bonds is 6. The maximum absolute atomic E-state index is 12.7. The molecule has 9 heteroatoms. The maximum Gasteiger partial charge on any atom is 0.274 e. The first kappa shape index (κ1) is 18.2. The molecule has 2 aromatic heterocycles. The Hall–Kier alpha value is -3.62. The number of carbonyl (C=O) groups excluding carboxylic acids is 1. The molecule has 2 N–H and O–H groups in total. The van der Waals surface area contributed by atoms with Crippen molar-refractivity contribution < 1.29 is 18.8 Å². The second-order valence-electron chi connectivity index (χ2n) is 5.69. The minimum atomic E-state index is -0.411. The second-order valence-corrected chi connectivity index (χ2v) is 5.69. The van der Waals surface area contributed by atoms with Crippen LogP contribution in [0.1, 0.15) is 21.9 Å². The summed E-state index contributed by atoms with van der Waals surface area (Å²) in [6, 6.07) is 8.40. The summed E-state index contributed by atoms with van der Waals surface area (Å²) in [5.74, 6) is 2.03. The molecule has 0 unspecified atom stereocenters. The number of hydrogen-bond acceptors (Lipinski definition) is 8. The molecule has 0 atom stereocenters. The van der Waals surface area contributed by atoms with Gasteiger partial charge in [0.2, 0.25) is 5.95 Å². The quantitative estimate of drug-likeness (QED) is 0.682. The standard InChI is InChI=1S/C18H19N5O4/c1-10-7-14(21-18(19-10)22-16-8-11(2)27-23-16)17(24)20-13-9-12(25-3)5-6-15(13)26-4/h5-9H,1-4H3,(H,20,24)(H,19,21,22,23). The lowest BCUT2D eigenvalue weighted by Crippen LogP contribution is -2.16. The van der Waals surface area contributed by atoms with Gasteiger partial charge in [-0.05, 0) is 32.0 Å². The monoisotopic (exact) mass is 369 g/mol. The van der Waals surface area contributed by atoms with Crippen LogP contribution in [0.5, 0.6) is 11.5 Å². The topological polar surface area (TPSA) is 111 Å². The van der Waals surface area contributed by atoms with Crippen molar-refractivity contribution in [3.8, 4) is 11.5 Å². The van der Waals surface area contributed by atoms with Gasteiger partial charge >= 0.3 is 0 Å². The van der Waals surface area contributed by atoms with Gasteiger partial charge < -0.3 is 24.6 Å². The van der Waals surface area contributed by atoms with Crippen molar-refractivity contribution in [2.24, 2.45) is 0 Å². The molecular formula is C18H19N5O4. The zero-order valence-electron chi connectivity index (χ0n) is 15.4. The zero-order valence-corrected chi connectivity index (χ0v) is 15.4. The molecule has 27 heavy (non-hydrogen) atoms. The molecule has 0 saturated carbocycles. The summed E-state index contributed by atoms with van der Waals surface area (Å²) in [6.45, 7) is 3.54. The van der Waals surface area contributed by atoms with E-state index >= 15 is 0 Å². The largest absolute Gasteiger partial charge is 0.497 e. The van der Waals surface area contributed by atoms with Gasteiger partial charge in [0.05, 0.1) is 19.9 Å². The first-order valence-electron chi connectivity index (χ1n) is 8.08. The summed E-state index contributed by atoms with van der Waals surface area (Å²) in [5.41, 5.74) is 1.28. The highest BCUT2D eigenvalue weighted by atomic mass is 16.5. The third-order valence-corrected chi connectivity index (χ3v) is 3.61. The molecule has 9 nitrogen and oxygen atoms in total. The number of hydrogen-bond donors (Lipinski definition) is 2. The second kappa shape index (κ2) is 7.73. The molecule has 2 heterocycles. The third kappa shape index (κ3) is 4.32. The van der Waals surface area contributed by atoms with E-state index < -0.39 is 5.91 Å². The highest BCUT2D eigenvalue weighted by Gasteiger charge is 2.15. The third-order valence-electron chi connectivity index (χ3n) is 3.61. The molecule has 0 fully saturated rings. The highest BCUT2D eigenvalue weighted by molar-refractivity contribution is 6.04. The minimum absolute atomic E-state index is 0.190. The number of aryl methyl sites for hydroxylation is 2. The van der Waals surface area contributed by atoms with E-state index in [1.165, 1.54) is 7.11 Å². The summed E-state index contributed by atoms with van der Waals surface area (Å²) in [6.07, 6.45) is 0. The fourth-order valence-electron chi connectivity index (χ4n) is 2.38. The van der Waals surface area contributed by atoms with Gasteiger partial charge in [-0.2, -0.15) is 0 Å². The molecule has 140 valence electrons. The van der Waals surface area contributed by atoms with Crippen molar-refractivity contribution >= 4 is 23.4 Å². The minimum Gasteiger partial charge on any atom is -0.497 e. The molecule has 0 bridgehead atoms. The van der Waals surface area contributed by atoms with Gasteiger partial charge in [0.25, 0.3) is 5.91 Å². The molecule has 1 aromatic carbocycles. The van der Waals surface area contributed by atoms with Crippen LogP contribution in [0, 0.1) is 13.8 Å². The lowest BCUT2D eigenvalue weighted by Gasteiger charge is -2.12. The van der Waals surface area contributed by atoms with Crippen LogP contribution in [-0.2, 0) is 0 Å². The van der Waals surface area contributed by atoms with Gasteiger partial charge in [0.15, 0.2) is 5.82 Å². The Morgan fingerprint density at radius 1 is 1.07 bits per heavy atom. The Labute approximate surface area is 155 Å². The summed E-state index contributed by atoms with van der Waals surface area (Å²) in [5, 5.41) is 9.52. The molecule has 1 amide bonds. The van der Waals surface area contributed by atoms with Crippen LogP contribution < -0.4 is 20.1 Å². The summed E-state index contributed by atoms with van der Waals surface area (Å²) < 4.78 is 15.5. The highest BCUT2D eigenvalue weighted by Crippen LogP contribution is 2.29. The Morgan fingerprint density at radius 2 is 1.89 bits per heavy atom. The van der Waals surface area contributed by atoms with E-state index in [0.717, 1.165) is 0 Å². The predicted octanol–water partition coefficient (Wildman–Crippen LogP) is 3.09. The summed E-state index contributed by atoms with van der Waals surface area (Å²) in [7, 11) is 3.07. The Morgan fingerprint density at radius 3 is 2.56 bits per heavy atom. The van der Waals surface area contributed by atoms with E-state index in [4.69, 9.17) is 14.0 Å². The van der Waals surface area contributed by atoms with Crippen LogP contribution in [0.3, 0.4) is 0 Å².